The van der Waals surface area contributed by atoms with Gasteiger partial charge in [0.1, 0.15) is 17.5 Å². The molecular formula is C27H26Cl3F3. The van der Waals surface area contributed by atoms with E-state index < -0.39 is 28.3 Å². The number of rotatable bonds is 5. The molecule has 0 spiro atoms. The lowest BCUT2D eigenvalue weighted by molar-refractivity contribution is 0.492. The maximum Gasteiger partial charge on any atom is 0.130 e. The Bertz CT molecular complexity index is 1190. The first-order chi connectivity index (χ1) is 15.2. The van der Waals surface area contributed by atoms with Gasteiger partial charge in [0.25, 0.3) is 0 Å². The first-order valence-electron chi connectivity index (χ1n) is 10.6. The minimum Gasteiger partial charge on any atom is -0.207 e. The van der Waals surface area contributed by atoms with E-state index in [2.05, 4.69) is 0 Å². The molecule has 33 heavy (non-hydrogen) atoms. The minimum absolute atomic E-state index is 0.0136. The third kappa shape index (κ3) is 4.78. The van der Waals surface area contributed by atoms with Crippen LogP contribution in [-0.2, 0) is 10.8 Å². The van der Waals surface area contributed by atoms with Crippen molar-refractivity contribution >= 4 is 34.8 Å². The first kappa shape index (κ1) is 25.9. The smallest absolute Gasteiger partial charge is 0.130 e. The Morgan fingerprint density at radius 2 is 1.09 bits per heavy atom. The zero-order valence-electron chi connectivity index (χ0n) is 19.4. The molecule has 0 aromatic heterocycles. The van der Waals surface area contributed by atoms with Crippen LogP contribution in [0.1, 0.15) is 75.3 Å². The average Bonchev–Trinajstić information content (AvgIpc) is 2.70. The van der Waals surface area contributed by atoms with Crippen LogP contribution in [0.2, 0.25) is 15.1 Å². The van der Waals surface area contributed by atoms with Gasteiger partial charge in [0.15, 0.2) is 0 Å². The van der Waals surface area contributed by atoms with E-state index in [1.807, 2.05) is 27.7 Å². The van der Waals surface area contributed by atoms with E-state index in [1.165, 1.54) is 30.3 Å². The molecule has 0 N–H and O–H groups in total. The predicted molar refractivity (Wildman–Crippen MR) is 133 cm³/mol. The second kappa shape index (κ2) is 9.17. The summed E-state index contributed by atoms with van der Waals surface area (Å²) >= 11 is 19.7. The molecular weight excluding hydrogens is 488 g/mol. The Morgan fingerprint density at radius 1 is 0.636 bits per heavy atom. The molecule has 0 fully saturated rings. The summed E-state index contributed by atoms with van der Waals surface area (Å²) in [6, 6.07) is 10.2. The molecule has 0 saturated heterocycles. The summed E-state index contributed by atoms with van der Waals surface area (Å²) in [4.78, 5) is 0. The van der Waals surface area contributed by atoms with Crippen molar-refractivity contribution in [2.24, 2.45) is 0 Å². The van der Waals surface area contributed by atoms with Gasteiger partial charge in [-0.1, -0.05) is 76.3 Å². The molecule has 0 bridgehead atoms. The van der Waals surface area contributed by atoms with Gasteiger partial charge in [0.05, 0.1) is 0 Å². The minimum atomic E-state index is -1.11. The van der Waals surface area contributed by atoms with Gasteiger partial charge in [-0.15, -0.1) is 0 Å². The van der Waals surface area contributed by atoms with E-state index in [0.717, 1.165) is 0 Å². The standard InChI is InChI=1S/C27H26Cl3F3/c1-14(2)15-9-23(32)25(24(33)10-15)27(5,6)19-13-21(29)18(12-22(19)30)26(3,4)17-11-16(31)7-8-20(17)28/h7-14H,1-6H3. The van der Waals surface area contributed by atoms with Gasteiger partial charge in [-0.2, -0.15) is 0 Å². The van der Waals surface area contributed by atoms with Gasteiger partial charge in [0, 0.05) is 31.5 Å². The van der Waals surface area contributed by atoms with Crippen molar-refractivity contribution in [2.45, 2.75) is 58.3 Å². The summed E-state index contributed by atoms with van der Waals surface area (Å²) in [6.07, 6.45) is 0. The zero-order valence-corrected chi connectivity index (χ0v) is 21.7. The monoisotopic (exact) mass is 512 g/mol. The van der Waals surface area contributed by atoms with Crippen LogP contribution >= 0.6 is 34.8 Å². The fraction of sp³-hybridized carbons (Fsp3) is 0.333. The summed E-state index contributed by atoms with van der Waals surface area (Å²) in [5, 5.41) is 1.03. The second-order valence-electron chi connectivity index (χ2n) is 9.70. The van der Waals surface area contributed by atoms with Crippen molar-refractivity contribution in [1.29, 1.82) is 0 Å². The molecule has 0 radical (unpaired) electrons. The van der Waals surface area contributed by atoms with E-state index in [0.29, 0.717) is 37.3 Å². The Hall–Kier alpha value is -1.68. The molecule has 0 atom stereocenters. The lowest BCUT2D eigenvalue weighted by Crippen LogP contribution is -2.25. The van der Waals surface area contributed by atoms with Gasteiger partial charge >= 0.3 is 0 Å². The topological polar surface area (TPSA) is 0 Å². The Balaban J connectivity index is 2.16. The number of benzene rings is 3. The number of hydrogen-bond donors (Lipinski definition) is 0. The van der Waals surface area contributed by atoms with Gasteiger partial charge < -0.3 is 0 Å². The molecule has 0 unspecified atom stereocenters. The van der Waals surface area contributed by atoms with Crippen molar-refractivity contribution in [1.82, 2.24) is 0 Å². The molecule has 176 valence electrons. The normalized spacial score (nSPS) is 12.5. The van der Waals surface area contributed by atoms with E-state index in [9.17, 15) is 4.39 Å². The molecule has 3 aromatic carbocycles. The predicted octanol–water partition coefficient (Wildman–Crippen LogP) is 9.84. The SMILES string of the molecule is CC(C)c1cc(F)c(C(C)(C)c2cc(Cl)c(C(C)(C)c3cc(F)ccc3Cl)cc2Cl)c(F)c1. The molecule has 3 rings (SSSR count). The van der Waals surface area contributed by atoms with Crippen LogP contribution in [0.15, 0.2) is 42.5 Å². The summed E-state index contributed by atoms with van der Waals surface area (Å²) in [6.45, 7) is 10.9. The third-order valence-corrected chi connectivity index (χ3v) is 7.32. The zero-order chi connectivity index (χ0) is 24.9. The summed E-state index contributed by atoms with van der Waals surface area (Å²) in [7, 11) is 0. The van der Waals surface area contributed by atoms with Crippen molar-refractivity contribution < 1.29 is 13.2 Å². The lowest BCUT2D eigenvalue weighted by Gasteiger charge is -2.32. The van der Waals surface area contributed by atoms with E-state index in [1.54, 1.807) is 26.0 Å². The molecule has 3 aromatic rings. The van der Waals surface area contributed by atoms with Crippen LogP contribution in [-0.4, -0.2) is 0 Å². The molecule has 0 aliphatic rings. The Labute approximate surface area is 208 Å². The maximum atomic E-state index is 15.1. The fourth-order valence-electron chi connectivity index (χ4n) is 4.28. The highest BCUT2D eigenvalue weighted by molar-refractivity contribution is 6.34. The summed E-state index contributed by atoms with van der Waals surface area (Å²) < 4.78 is 44.1. The summed E-state index contributed by atoms with van der Waals surface area (Å²) in [5.41, 5.74) is 0.270. The average molecular weight is 514 g/mol. The largest absolute Gasteiger partial charge is 0.207 e. The van der Waals surface area contributed by atoms with Crippen LogP contribution in [0.3, 0.4) is 0 Å². The lowest BCUT2D eigenvalue weighted by atomic mass is 9.74. The number of halogens is 6. The van der Waals surface area contributed by atoms with Crippen LogP contribution in [0.4, 0.5) is 13.2 Å². The van der Waals surface area contributed by atoms with Gasteiger partial charge in [-0.25, -0.2) is 13.2 Å². The molecule has 0 heterocycles. The number of hydrogen-bond acceptors (Lipinski definition) is 0. The highest BCUT2D eigenvalue weighted by atomic mass is 35.5. The molecule has 0 amide bonds. The summed E-state index contributed by atoms with van der Waals surface area (Å²) in [5.74, 6) is -1.70. The van der Waals surface area contributed by atoms with Crippen LogP contribution < -0.4 is 0 Å². The molecule has 0 aliphatic carbocycles. The molecule has 0 nitrogen and oxygen atoms in total. The van der Waals surface area contributed by atoms with Gasteiger partial charge in [0.2, 0.25) is 0 Å². The van der Waals surface area contributed by atoms with Crippen molar-refractivity contribution in [2.75, 3.05) is 0 Å². The highest BCUT2D eigenvalue weighted by Gasteiger charge is 2.35. The molecule has 0 aliphatic heterocycles. The van der Waals surface area contributed by atoms with Crippen LogP contribution in [0.25, 0.3) is 0 Å². The maximum absolute atomic E-state index is 15.1. The van der Waals surface area contributed by atoms with Crippen LogP contribution in [0, 0.1) is 17.5 Å². The van der Waals surface area contributed by atoms with Gasteiger partial charge in [-0.05, 0) is 70.6 Å². The highest BCUT2D eigenvalue weighted by Crippen LogP contribution is 2.45. The van der Waals surface area contributed by atoms with Crippen molar-refractivity contribution in [3.8, 4) is 0 Å². The third-order valence-electron chi connectivity index (χ3n) is 6.36. The van der Waals surface area contributed by atoms with Crippen molar-refractivity contribution in [3.63, 3.8) is 0 Å². The molecule has 0 saturated carbocycles. The molecule has 6 heteroatoms. The first-order valence-corrected chi connectivity index (χ1v) is 11.8. The quantitative estimate of drug-likeness (QED) is 0.318. The van der Waals surface area contributed by atoms with E-state index in [4.69, 9.17) is 34.8 Å². The van der Waals surface area contributed by atoms with Gasteiger partial charge in [-0.3, -0.25) is 0 Å². The fourth-order valence-corrected chi connectivity index (χ4v) is 5.44. The Kier molecular flexibility index (Phi) is 7.20. The van der Waals surface area contributed by atoms with Crippen molar-refractivity contribution in [3.05, 3.63) is 103 Å². The van der Waals surface area contributed by atoms with Crippen LogP contribution in [0.5, 0.6) is 0 Å². The second-order valence-corrected chi connectivity index (χ2v) is 10.9. The Morgan fingerprint density at radius 3 is 1.58 bits per heavy atom. The van der Waals surface area contributed by atoms with E-state index >= 15 is 8.78 Å². The van der Waals surface area contributed by atoms with E-state index in [-0.39, 0.29) is 11.5 Å².